The second kappa shape index (κ2) is 6.65. The third-order valence-electron chi connectivity index (χ3n) is 2.22. The molecule has 3 N–H and O–H groups in total. The van der Waals surface area contributed by atoms with Crippen molar-refractivity contribution < 1.29 is 14.3 Å². The van der Waals surface area contributed by atoms with Gasteiger partial charge in [0.15, 0.2) is 0 Å². The van der Waals surface area contributed by atoms with E-state index in [0.717, 1.165) is 0 Å². The van der Waals surface area contributed by atoms with Gasteiger partial charge in [0.25, 0.3) is 5.91 Å². The first-order valence-corrected chi connectivity index (χ1v) is 5.29. The van der Waals surface area contributed by atoms with Crippen LogP contribution in [0, 0.1) is 0 Å². The van der Waals surface area contributed by atoms with Crippen LogP contribution in [0.4, 0.5) is 0 Å². The maximum atomic E-state index is 11.6. The molecule has 1 aromatic rings. The van der Waals surface area contributed by atoms with Crippen LogP contribution in [-0.4, -0.2) is 31.6 Å². The third-order valence-corrected chi connectivity index (χ3v) is 2.22. The molecule has 0 spiro atoms. The minimum Gasteiger partial charge on any atom is -0.469 e. The monoisotopic (exact) mass is 236 g/mol. The summed E-state index contributed by atoms with van der Waals surface area (Å²) in [6.07, 6.45) is 0.0889. The van der Waals surface area contributed by atoms with Gasteiger partial charge in [-0.1, -0.05) is 18.2 Å². The summed E-state index contributed by atoms with van der Waals surface area (Å²) in [4.78, 5) is 22.5. The lowest BCUT2D eigenvalue weighted by Crippen LogP contribution is -2.38. The highest BCUT2D eigenvalue weighted by Crippen LogP contribution is 1.98. The molecule has 92 valence electrons. The highest BCUT2D eigenvalue weighted by atomic mass is 16.5. The SMILES string of the molecule is COC(=O)CC(N)CNC(=O)c1ccccc1. The first kappa shape index (κ1) is 13.2. The van der Waals surface area contributed by atoms with Gasteiger partial charge in [0.05, 0.1) is 13.5 Å². The molecule has 0 saturated carbocycles. The van der Waals surface area contributed by atoms with Gasteiger partial charge >= 0.3 is 5.97 Å². The van der Waals surface area contributed by atoms with Crippen molar-refractivity contribution in [3.05, 3.63) is 35.9 Å². The van der Waals surface area contributed by atoms with Gasteiger partial charge < -0.3 is 15.8 Å². The molecule has 1 atom stereocenters. The second-order valence-electron chi connectivity index (χ2n) is 3.62. The van der Waals surface area contributed by atoms with E-state index in [-0.39, 0.29) is 24.8 Å². The van der Waals surface area contributed by atoms with Crippen molar-refractivity contribution >= 4 is 11.9 Å². The maximum absolute atomic E-state index is 11.6. The molecule has 17 heavy (non-hydrogen) atoms. The van der Waals surface area contributed by atoms with E-state index in [4.69, 9.17) is 5.73 Å². The lowest BCUT2D eigenvalue weighted by Gasteiger charge is -2.11. The van der Waals surface area contributed by atoms with Crippen molar-refractivity contribution in [3.8, 4) is 0 Å². The first-order chi connectivity index (χ1) is 8.13. The molecule has 0 aliphatic rings. The fourth-order valence-electron chi connectivity index (χ4n) is 1.28. The molecule has 0 fully saturated rings. The number of benzene rings is 1. The fourth-order valence-corrected chi connectivity index (χ4v) is 1.28. The van der Waals surface area contributed by atoms with E-state index < -0.39 is 6.04 Å². The van der Waals surface area contributed by atoms with Crippen LogP contribution in [0.3, 0.4) is 0 Å². The molecule has 0 aliphatic heterocycles. The van der Waals surface area contributed by atoms with Gasteiger partial charge in [-0.25, -0.2) is 0 Å². The Morgan fingerprint density at radius 3 is 2.59 bits per heavy atom. The zero-order valence-corrected chi connectivity index (χ0v) is 9.68. The summed E-state index contributed by atoms with van der Waals surface area (Å²) in [5.41, 5.74) is 6.23. The van der Waals surface area contributed by atoms with Crippen LogP contribution >= 0.6 is 0 Å². The van der Waals surface area contributed by atoms with E-state index in [1.54, 1.807) is 24.3 Å². The zero-order valence-electron chi connectivity index (χ0n) is 9.68. The number of amides is 1. The predicted octanol–water partition coefficient (Wildman–Crippen LogP) is 0.307. The van der Waals surface area contributed by atoms with Gasteiger partial charge in [0.2, 0.25) is 0 Å². The Hall–Kier alpha value is -1.88. The van der Waals surface area contributed by atoms with Crippen LogP contribution < -0.4 is 11.1 Å². The minimum atomic E-state index is -0.435. The Balaban J connectivity index is 2.36. The van der Waals surface area contributed by atoms with Crippen molar-refractivity contribution in [2.75, 3.05) is 13.7 Å². The van der Waals surface area contributed by atoms with E-state index >= 15 is 0 Å². The van der Waals surface area contributed by atoms with E-state index in [1.165, 1.54) is 7.11 Å². The molecule has 0 saturated heterocycles. The largest absolute Gasteiger partial charge is 0.469 e. The summed E-state index contributed by atoms with van der Waals surface area (Å²) in [5, 5.41) is 2.66. The summed E-state index contributed by atoms with van der Waals surface area (Å²) in [7, 11) is 1.30. The molecule has 1 amide bonds. The van der Waals surface area contributed by atoms with E-state index in [2.05, 4.69) is 10.1 Å². The summed E-state index contributed by atoms with van der Waals surface area (Å²) >= 11 is 0. The normalized spacial score (nSPS) is 11.6. The Morgan fingerprint density at radius 2 is 2.00 bits per heavy atom. The van der Waals surface area contributed by atoms with Crippen molar-refractivity contribution in [2.24, 2.45) is 5.73 Å². The van der Waals surface area contributed by atoms with Gasteiger partial charge in [-0.3, -0.25) is 9.59 Å². The number of nitrogens with two attached hydrogens (primary N) is 1. The van der Waals surface area contributed by atoms with Crippen LogP contribution in [0.1, 0.15) is 16.8 Å². The number of carbonyl (C=O) groups is 2. The number of carbonyl (C=O) groups excluding carboxylic acids is 2. The molecule has 0 aromatic heterocycles. The molecule has 1 aromatic carbocycles. The van der Waals surface area contributed by atoms with Crippen LogP contribution in [0.2, 0.25) is 0 Å². The van der Waals surface area contributed by atoms with Gasteiger partial charge in [0, 0.05) is 18.2 Å². The fraction of sp³-hybridized carbons (Fsp3) is 0.333. The van der Waals surface area contributed by atoms with Gasteiger partial charge in [-0.05, 0) is 12.1 Å². The number of esters is 1. The molecular formula is C12H16N2O3. The van der Waals surface area contributed by atoms with Crippen LogP contribution in [0.25, 0.3) is 0 Å². The number of ether oxygens (including phenoxy) is 1. The Morgan fingerprint density at radius 1 is 1.35 bits per heavy atom. The summed E-state index contributed by atoms with van der Waals surface area (Å²) in [6.45, 7) is 0.239. The second-order valence-corrected chi connectivity index (χ2v) is 3.62. The number of nitrogens with one attached hydrogen (secondary N) is 1. The summed E-state index contributed by atoms with van der Waals surface area (Å²) < 4.78 is 4.48. The lowest BCUT2D eigenvalue weighted by molar-refractivity contribution is -0.140. The number of hydrogen-bond donors (Lipinski definition) is 2. The van der Waals surface area contributed by atoms with Crippen molar-refractivity contribution in [1.29, 1.82) is 0 Å². The zero-order chi connectivity index (χ0) is 12.7. The standard InChI is InChI=1S/C12H16N2O3/c1-17-11(15)7-10(13)8-14-12(16)9-5-3-2-4-6-9/h2-6,10H,7-8,13H2,1H3,(H,14,16). The molecular weight excluding hydrogens is 220 g/mol. The van der Waals surface area contributed by atoms with E-state index in [9.17, 15) is 9.59 Å². The quantitative estimate of drug-likeness (QED) is 0.721. The smallest absolute Gasteiger partial charge is 0.307 e. The molecule has 5 heteroatoms. The van der Waals surface area contributed by atoms with Gasteiger partial charge in [0.1, 0.15) is 0 Å². The first-order valence-electron chi connectivity index (χ1n) is 5.29. The van der Waals surface area contributed by atoms with Gasteiger partial charge in [-0.15, -0.1) is 0 Å². The Kier molecular flexibility index (Phi) is 5.16. The van der Waals surface area contributed by atoms with Crippen molar-refractivity contribution in [2.45, 2.75) is 12.5 Å². The number of rotatable bonds is 5. The predicted molar refractivity (Wildman–Crippen MR) is 63.4 cm³/mol. The minimum absolute atomic E-state index is 0.0889. The van der Waals surface area contributed by atoms with Gasteiger partial charge in [-0.2, -0.15) is 0 Å². The van der Waals surface area contributed by atoms with Crippen LogP contribution in [0.5, 0.6) is 0 Å². The molecule has 1 unspecified atom stereocenters. The van der Waals surface area contributed by atoms with E-state index in [0.29, 0.717) is 5.56 Å². The number of hydrogen-bond acceptors (Lipinski definition) is 4. The molecule has 0 heterocycles. The van der Waals surface area contributed by atoms with Crippen molar-refractivity contribution in [1.82, 2.24) is 5.32 Å². The average molecular weight is 236 g/mol. The Labute approximate surface area is 99.9 Å². The van der Waals surface area contributed by atoms with Crippen LogP contribution in [0.15, 0.2) is 30.3 Å². The van der Waals surface area contributed by atoms with Crippen molar-refractivity contribution in [3.63, 3.8) is 0 Å². The maximum Gasteiger partial charge on any atom is 0.307 e. The molecule has 0 radical (unpaired) electrons. The molecule has 0 bridgehead atoms. The highest BCUT2D eigenvalue weighted by molar-refractivity contribution is 5.94. The molecule has 0 aliphatic carbocycles. The topological polar surface area (TPSA) is 81.4 Å². The molecule has 5 nitrogen and oxygen atoms in total. The summed E-state index contributed by atoms with van der Waals surface area (Å²) in [6, 6.07) is 8.38. The Bertz CT molecular complexity index is 379. The van der Waals surface area contributed by atoms with E-state index in [1.807, 2.05) is 6.07 Å². The summed E-state index contributed by atoms with van der Waals surface area (Å²) in [5.74, 6) is -0.586. The number of methoxy groups -OCH3 is 1. The third kappa shape index (κ3) is 4.65. The van der Waals surface area contributed by atoms with Crippen LogP contribution in [-0.2, 0) is 9.53 Å². The lowest BCUT2D eigenvalue weighted by atomic mass is 10.2. The highest BCUT2D eigenvalue weighted by Gasteiger charge is 2.11. The molecule has 1 rings (SSSR count). The average Bonchev–Trinajstić information content (AvgIpc) is 2.36.